The molecule has 0 radical (unpaired) electrons. The van der Waals surface area contributed by atoms with E-state index >= 15 is 0 Å². The van der Waals surface area contributed by atoms with Gasteiger partial charge in [-0.1, -0.05) is 90.2 Å². The van der Waals surface area contributed by atoms with Crippen LogP contribution in [0.4, 0.5) is 5.00 Å². The minimum Gasteiger partial charge on any atom is -0.496 e. The summed E-state index contributed by atoms with van der Waals surface area (Å²) in [6, 6.07) is 11.3. The fourth-order valence-electron chi connectivity index (χ4n) is 5.21. The molecule has 0 saturated carbocycles. The van der Waals surface area contributed by atoms with Gasteiger partial charge in [-0.15, -0.1) is 11.3 Å². The predicted octanol–water partition coefficient (Wildman–Crippen LogP) is 8.48. The Morgan fingerprint density at radius 3 is 2.14 bits per heavy atom. The van der Waals surface area contributed by atoms with Crippen LogP contribution in [0.15, 0.2) is 47.1 Å². The van der Waals surface area contributed by atoms with Crippen LogP contribution in [-0.4, -0.2) is 56.0 Å². The first-order chi connectivity index (χ1) is 21.0. The minimum absolute atomic E-state index is 0.197. The topological polar surface area (TPSA) is 71.4 Å². The molecular formula is C35H51N3O4S. The SMILES string of the molecule is CCCCCCCCN(CCCCCCCC)C(=O)CN(CC)c1ccc(C=C2N=C(c3ccccc3OC)OC2=O)s1. The van der Waals surface area contributed by atoms with Gasteiger partial charge in [0.2, 0.25) is 11.8 Å². The number of nitrogens with zero attached hydrogens (tertiary/aromatic N) is 3. The molecule has 2 heterocycles. The maximum atomic E-state index is 13.6. The zero-order chi connectivity index (χ0) is 30.9. The van der Waals surface area contributed by atoms with Crippen molar-refractivity contribution in [3.63, 3.8) is 0 Å². The number of para-hydroxylation sites is 1. The fourth-order valence-corrected chi connectivity index (χ4v) is 6.21. The molecule has 0 saturated heterocycles. The lowest BCUT2D eigenvalue weighted by molar-refractivity contribution is -0.130. The van der Waals surface area contributed by atoms with Gasteiger partial charge in [-0.25, -0.2) is 9.79 Å². The van der Waals surface area contributed by atoms with Crippen molar-refractivity contribution in [3.05, 3.63) is 52.5 Å². The average molecular weight is 610 g/mol. The van der Waals surface area contributed by atoms with Crippen molar-refractivity contribution in [2.24, 2.45) is 4.99 Å². The standard InChI is InChI=1S/C35H51N3O4S/c1-5-8-10-12-14-18-24-38(25-19-15-13-11-9-6-2)32(39)27-37(7-3)33-23-22-28(43-33)26-30-35(40)42-34(36-30)29-20-16-17-21-31(29)41-4/h16-17,20-23,26H,5-15,18-19,24-25,27H2,1-4H3. The number of thiophene rings is 1. The molecule has 0 bridgehead atoms. The summed E-state index contributed by atoms with van der Waals surface area (Å²) in [6.07, 6.45) is 16.4. The number of likely N-dealkylation sites (N-methyl/N-ethyl adjacent to an activating group) is 1. The van der Waals surface area contributed by atoms with Crippen LogP contribution in [0.2, 0.25) is 0 Å². The monoisotopic (exact) mass is 609 g/mol. The number of amides is 1. The predicted molar refractivity (Wildman–Crippen MR) is 179 cm³/mol. The number of hydrogen-bond acceptors (Lipinski definition) is 7. The molecule has 0 aliphatic carbocycles. The summed E-state index contributed by atoms with van der Waals surface area (Å²) >= 11 is 1.55. The van der Waals surface area contributed by atoms with Crippen molar-refractivity contribution in [1.82, 2.24) is 4.90 Å². The summed E-state index contributed by atoms with van der Waals surface area (Å²) in [5.74, 6) is 0.544. The summed E-state index contributed by atoms with van der Waals surface area (Å²) in [4.78, 5) is 35.7. The van der Waals surface area contributed by atoms with Gasteiger partial charge >= 0.3 is 5.97 Å². The highest BCUT2D eigenvalue weighted by Crippen LogP contribution is 2.30. The van der Waals surface area contributed by atoms with Gasteiger partial charge in [0.15, 0.2) is 5.70 Å². The molecule has 7 nitrogen and oxygen atoms in total. The zero-order valence-corrected chi connectivity index (χ0v) is 27.6. The van der Waals surface area contributed by atoms with Gasteiger partial charge in [-0.05, 0) is 50.1 Å². The van der Waals surface area contributed by atoms with Gasteiger partial charge in [0.25, 0.3) is 0 Å². The number of ether oxygens (including phenoxy) is 2. The average Bonchev–Trinajstić information content (AvgIpc) is 3.64. The summed E-state index contributed by atoms with van der Waals surface area (Å²) in [5, 5.41) is 1.00. The number of hydrogen-bond donors (Lipinski definition) is 0. The molecule has 2 aromatic rings. The second kappa shape index (κ2) is 19.2. The van der Waals surface area contributed by atoms with Gasteiger partial charge in [0.05, 0.1) is 24.2 Å². The van der Waals surface area contributed by atoms with Crippen LogP contribution >= 0.6 is 11.3 Å². The quantitative estimate of drug-likeness (QED) is 0.0806. The lowest BCUT2D eigenvalue weighted by Gasteiger charge is -2.27. The Morgan fingerprint density at radius 1 is 0.884 bits per heavy atom. The molecule has 0 fully saturated rings. The Labute approximate surface area is 263 Å². The van der Waals surface area contributed by atoms with Crippen molar-refractivity contribution in [2.45, 2.75) is 97.8 Å². The number of carbonyl (C=O) groups is 2. The zero-order valence-electron chi connectivity index (χ0n) is 26.7. The van der Waals surface area contributed by atoms with E-state index in [1.807, 2.05) is 36.4 Å². The molecule has 1 amide bonds. The van der Waals surface area contributed by atoms with E-state index in [2.05, 4.69) is 35.6 Å². The number of benzene rings is 1. The molecule has 236 valence electrons. The molecule has 0 unspecified atom stereocenters. The first kappa shape index (κ1) is 34.4. The number of cyclic esters (lactones) is 1. The Bertz CT molecular complexity index is 1190. The highest BCUT2D eigenvalue weighted by atomic mass is 32.1. The largest absolute Gasteiger partial charge is 0.496 e. The second-order valence-corrected chi connectivity index (χ2v) is 12.2. The molecule has 3 rings (SSSR count). The van der Waals surface area contributed by atoms with E-state index in [1.165, 1.54) is 64.2 Å². The van der Waals surface area contributed by atoms with Crippen molar-refractivity contribution in [1.29, 1.82) is 0 Å². The third-order valence-electron chi connectivity index (χ3n) is 7.78. The molecule has 1 aromatic carbocycles. The maximum Gasteiger partial charge on any atom is 0.363 e. The van der Waals surface area contributed by atoms with Crippen LogP contribution in [-0.2, 0) is 14.3 Å². The maximum absolute atomic E-state index is 13.6. The number of rotatable bonds is 21. The number of carbonyl (C=O) groups excluding carboxylic acids is 2. The summed E-state index contributed by atoms with van der Waals surface area (Å²) < 4.78 is 10.8. The van der Waals surface area contributed by atoms with Gasteiger partial charge in [0.1, 0.15) is 5.75 Å². The first-order valence-electron chi connectivity index (χ1n) is 16.3. The van der Waals surface area contributed by atoms with E-state index < -0.39 is 5.97 Å². The number of anilines is 1. The van der Waals surface area contributed by atoms with E-state index in [0.717, 1.165) is 42.4 Å². The Balaban J connectivity index is 1.63. The van der Waals surface area contributed by atoms with E-state index in [1.54, 1.807) is 24.5 Å². The Kier molecular flexibility index (Phi) is 15.4. The van der Waals surface area contributed by atoms with Crippen LogP contribution in [0, 0.1) is 0 Å². The van der Waals surface area contributed by atoms with Crippen molar-refractivity contribution >= 4 is 40.2 Å². The van der Waals surface area contributed by atoms with Gasteiger partial charge in [0, 0.05) is 24.5 Å². The lowest BCUT2D eigenvalue weighted by Crippen LogP contribution is -2.41. The van der Waals surface area contributed by atoms with Crippen LogP contribution in [0.3, 0.4) is 0 Å². The third-order valence-corrected chi connectivity index (χ3v) is 8.88. The molecule has 1 aliphatic rings. The number of aliphatic imine (C=N–C) groups is 1. The van der Waals surface area contributed by atoms with Gasteiger partial charge in [-0.2, -0.15) is 0 Å². The molecule has 8 heteroatoms. The minimum atomic E-state index is -0.488. The number of unbranched alkanes of at least 4 members (excludes halogenated alkanes) is 10. The molecule has 0 N–H and O–H groups in total. The van der Waals surface area contributed by atoms with Crippen LogP contribution in [0.5, 0.6) is 5.75 Å². The molecule has 0 atom stereocenters. The Morgan fingerprint density at radius 2 is 1.51 bits per heavy atom. The smallest absolute Gasteiger partial charge is 0.363 e. The molecule has 1 aliphatic heterocycles. The van der Waals surface area contributed by atoms with E-state index in [4.69, 9.17) is 9.47 Å². The van der Waals surface area contributed by atoms with Crippen LogP contribution < -0.4 is 9.64 Å². The number of methoxy groups -OCH3 is 1. The summed E-state index contributed by atoms with van der Waals surface area (Å²) in [5.41, 5.74) is 0.883. The van der Waals surface area contributed by atoms with Crippen LogP contribution in [0.1, 0.15) is 108 Å². The van der Waals surface area contributed by atoms with Crippen molar-refractivity contribution in [2.75, 3.05) is 38.2 Å². The highest BCUT2D eigenvalue weighted by Gasteiger charge is 2.26. The van der Waals surface area contributed by atoms with Gasteiger partial charge < -0.3 is 19.3 Å². The lowest BCUT2D eigenvalue weighted by atomic mass is 10.1. The molecular weight excluding hydrogens is 558 g/mol. The Hall–Kier alpha value is -3.13. The van der Waals surface area contributed by atoms with E-state index in [-0.39, 0.29) is 17.5 Å². The molecule has 0 spiro atoms. The van der Waals surface area contributed by atoms with Crippen LogP contribution in [0.25, 0.3) is 6.08 Å². The van der Waals surface area contributed by atoms with E-state index in [0.29, 0.717) is 17.9 Å². The van der Waals surface area contributed by atoms with Crippen molar-refractivity contribution < 1.29 is 19.1 Å². The normalized spacial score (nSPS) is 13.7. The fraction of sp³-hybridized carbons (Fsp3) is 0.571. The molecule has 43 heavy (non-hydrogen) atoms. The van der Waals surface area contributed by atoms with E-state index in [9.17, 15) is 9.59 Å². The highest BCUT2D eigenvalue weighted by molar-refractivity contribution is 7.17. The van der Waals surface area contributed by atoms with Gasteiger partial charge in [-0.3, -0.25) is 4.79 Å². The third kappa shape index (κ3) is 11.1. The first-order valence-corrected chi connectivity index (χ1v) is 17.1. The van der Waals surface area contributed by atoms with Crippen molar-refractivity contribution in [3.8, 4) is 5.75 Å². The summed E-state index contributed by atoms with van der Waals surface area (Å²) in [6.45, 7) is 9.32. The summed E-state index contributed by atoms with van der Waals surface area (Å²) in [7, 11) is 1.58. The second-order valence-electron chi connectivity index (χ2n) is 11.1. The molecule has 1 aromatic heterocycles. The number of esters is 1.